The highest BCUT2D eigenvalue weighted by molar-refractivity contribution is 7.80. The first kappa shape index (κ1) is 20.3. The Bertz CT molecular complexity index is 1130. The van der Waals surface area contributed by atoms with Gasteiger partial charge in [-0.15, -0.1) is 4.28 Å². The van der Waals surface area contributed by atoms with Crippen LogP contribution in [-0.4, -0.2) is 65.8 Å². The number of hydrogen-bond acceptors (Lipinski definition) is 6. The van der Waals surface area contributed by atoms with Crippen molar-refractivity contribution in [2.45, 2.75) is 24.9 Å². The van der Waals surface area contributed by atoms with E-state index in [1.807, 2.05) is 30.3 Å². The van der Waals surface area contributed by atoms with Gasteiger partial charge in [0.05, 0.1) is 12.6 Å². The average Bonchev–Trinajstić information content (AvgIpc) is 2.95. The van der Waals surface area contributed by atoms with Crippen molar-refractivity contribution in [3.05, 3.63) is 48.0 Å². The molecule has 0 spiro atoms. The van der Waals surface area contributed by atoms with Crippen molar-refractivity contribution in [2.75, 3.05) is 13.1 Å². The van der Waals surface area contributed by atoms with Crippen LogP contribution in [0.1, 0.15) is 23.2 Å². The van der Waals surface area contributed by atoms with Gasteiger partial charge in [0.2, 0.25) is 5.91 Å². The number of benzene rings is 2. The van der Waals surface area contributed by atoms with Gasteiger partial charge < -0.3 is 10.2 Å². The Morgan fingerprint density at radius 3 is 2.60 bits per heavy atom. The van der Waals surface area contributed by atoms with E-state index < -0.39 is 34.4 Å². The first-order valence-electron chi connectivity index (χ1n) is 9.29. The Hall–Kier alpha value is -3.02. The maximum Gasteiger partial charge on any atom is 0.418 e. The maximum atomic E-state index is 12.6. The van der Waals surface area contributed by atoms with Crippen molar-refractivity contribution in [3.8, 4) is 0 Å². The summed E-state index contributed by atoms with van der Waals surface area (Å²) in [5.41, 5.74) is 0.461. The maximum absolute atomic E-state index is 12.6. The zero-order valence-electron chi connectivity index (χ0n) is 15.7. The van der Waals surface area contributed by atoms with Gasteiger partial charge in [-0.2, -0.15) is 13.5 Å². The van der Waals surface area contributed by atoms with Crippen LogP contribution in [0, 0.1) is 0 Å². The summed E-state index contributed by atoms with van der Waals surface area (Å²) < 4.78 is 35.0. The molecule has 2 saturated heterocycles. The molecule has 2 atom stereocenters. The summed E-state index contributed by atoms with van der Waals surface area (Å²) in [6.07, 6.45) is 0.589. The van der Waals surface area contributed by atoms with E-state index in [4.69, 9.17) is 4.55 Å². The monoisotopic (exact) mass is 433 g/mol. The van der Waals surface area contributed by atoms with Gasteiger partial charge in [0, 0.05) is 12.1 Å². The number of hydroxylamine groups is 2. The number of hydrogen-bond donors (Lipinski definition) is 2. The highest BCUT2D eigenvalue weighted by atomic mass is 32.3. The minimum absolute atomic E-state index is 0.0884. The molecule has 30 heavy (non-hydrogen) atoms. The fourth-order valence-electron chi connectivity index (χ4n) is 3.85. The number of carbonyl (C=O) groups excluding carboxylic acids is 3. The Morgan fingerprint density at radius 2 is 1.87 bits per heavy atom. The molecule has 2 N–H and O–H groups in total. The van der Waals surface area contributed by atoms with Crippen LogP contribution in [-0.2, 0) is 19.5 Å². The van der Waals surface area contributed by atoms with Gasteiger partial charge in [-0.05, 0) is 29.7 Å². The SMILES string of the molecule is O=C(CNC(=O)[C@@H]1CC[C@@H]2CN1C(=O)N2OS(=O)(=O)O)c1ccc2ccccc2c1. The molecule has 2 aromatic rings. The molecule has 0 saturated carbocycles. The van der Waals surface area contributed by atoms with E-state index >= 15 is 0 Å². The van der Waals surface area contributed by atoms with E-state index in [2.05, 4.69) is 9.60 Å². The molecule has 11 heteroatoms. The van der Waals surface area contributed by atoms with E-state index in [0.29, 0.717) is 17.0 Å². The lowest BCUT2D eigenvalue weighted by molar-refractivity contribution is -0.125. The topological polar surface area (TPSA) is 133 Å². The molecular formula is C19H19N3O7S. The van der Waals surface area contributed by atoms with E-state index in [9.17, 15) is 22.8 Å². The standard InChI is InChI=1S/C19H19N3O7S/c23-17(14-6-5-12-3-1-2-4-13(12)9-14)10-20-18(24)16-8-7-15-11-21(16)19(25)22(15)29-30(26,27)28/h1-6,9,15-16H,7-8,10-11H2,(H,20,24)(H,26,27,28)/t15-,16+/m1/s1. The van der Waals surface area contributed by atoms with Crippen LogP contribution in [0.5, 0.6) is 0 Å². The number of ketones is 1. The summed E-state index contributed by atoms with van der Waals surface area (Å²) >= 11 is 0. The summed E-state index contributed by atoms with van der Waals surface area (Å²) in [6.45, 7) is -0.143. The fraction of sp³-hybridized carbons (Fsp3) is 0.316. The number of nitrogens with zero attached hydrogens (tertiary/aromatic N) is 2. The van der Waals surface area contributed by atoms with Crippen molar-refractivity contribution < 1.29 is 31.6 Å². The highest BCUT2D eigenvalue weighted by Crippen LogP contribution is 2.30. The lowest BCUT2D eigenvalue weighted by atomic mass is 10.00. The molecule has 3 amide bonds. The van der Waals surface area contributed by atoms with Crippen molar-refractivity contribution in [1.82, 2.24) is 15.3 Å². The van der Waals surface area contributed by atoms with E-state index in [0.717, 1.165) is 10.8 Å². The summed E-state index contributed by atoms with van der Waals surface area (Å²) in [4.78, 5) is 38.6. The Labute approximate surface area is 172 Å². The number of carbonyl (C=O) groups is 3. The lowest BCUT2D eigenvalue weighted by Crippen LogP contribution is -2.50. The van der Waals surface area contributed by atoms with Gasteiger partial charge in [0.25, 0.3) is 0 Å². The molecule has 2 aliphatic rings. The minimum atomic E-state index is -4.85. The predicted octanol–water partition coefficient (Wildman–Crippen LogP) is 1.14. The van der Waals surface area contributed by atoms with E-state index in [1.165, 1.54) is 4.90 Å². The minimum Gasteiger partial charge on any atom is -0.347 e. The summed E-state index contributed by atoms with van der Waals surface area (Å²) in [6, 6.07) is 10.6. The zero-order chi connectivity index (χ0) is 21.5. The van der Waals surface area contributed by atoms with Crippen LogP contribution in [0.25, 0.3) is 10.8 Å². The molecule has 158 valence electrons. The second kappa shape index (κ2) is 7.67. The number of rotatable bonds is 6. The van der Waals surface area contributed by atoms with Crippen LogP contribution < -0.4 is 5.32 Å². The molecule has 0 radical (unpaired) electrons. The fourth-order valence-corrected chi connectivity index (χ4v) is 4.24. The van der Waals surface area contributed by atoms with Crippen LogP contribution in [0.15, 0.2) is 42.5 Å². The summed E-state index contributed by atoms with van der Waals surface area (Å²) in [7, 11) is -4.85. The van der Waals surface area contributed by atoms with Gasteiger partial charge in [-0.3, -0.25) is 14.1 Å². The Balaban J connectivity index is 1.39. The van der Waals surface area contributed by atoms with Gasteiger partial charge in [-0.1, -0.05) is 36.4 Å². The van der Waals surface area contributed by atoms with Crippen molar-refractivity contribution >= 4 is 38.9 Å². The average molecular weight is 433 g/mol. The quantitative estimate of drug-likeness (QED) is 0.515. The molecule has 10 nitrogen and oxygen atoms in total. The van der Waals surface area contributed by atoms with Crippen molar-refractivity contribution in [3.63, 3.8) is 0 Å². The Kier molecular flexibility index (Phi) is 5.18. The Morgan fingerprint density at radius 1 is 1.13 bits per heavy atom. The second-order valence-electron chi connectivity index (χ2n) is 7.21. The van der Waals surface area contributed by atoms with Crippen molar-refractivity contribution in [1.29, 1.82) is 0 Å². The molecule has 4 rings (SSSR count). The second-order valence-corrected chi connectivity index (χ2v) is 8.22. The van der Waals surface area contributed by atoms with E-state index in [1.54, 1.807) is 12.1 Å². The number of piperidine rings is 1. The largest absolute Gasteiger partial charge is 0.418 e. The van der Waals surface area contributed by atoms with Crippen LogP contribution in [0.3, 0.4) is 0 Å². The van der Waals surface area contributed by atoms with Gasteiger partial charge in [-0.25, -0.2) is 4.79 Å². The van der Waals surface area contributed by atoms with E-state index in [-0.39, 0.29) is 25.3 Å². The first-order valence-corrected chi connectivity index (χ1v) is 10.7. The smallest absolute Gasteiger partial charge is 0.347 e. The molecule has 2 heterocycles. The van der Waals surface area contributed by atoms with Gasteiger partial charge >= 0.3 is 16.4 Å². The third kappa shape index (κ3) is 3.99. The van der Waals surface area contributed by atoms with Gasteiger partial charge in [0.1, 0.15) is 6.04 Å². The normalized spacial score (nSPS) is 21.2. The third-order valence-electron chi connectivity index (χ3n) is 5.29. The van der Waals surface area contributed by atoms with Crippen LogP contribution in [0.2, 0.25) is 0 Å². The number of fused-ring (bicyclic) bond motifs is 3. The molecule has 2 bridgehead atoms. The molecule has 0 unspecified atom stereocenters. The molecule has 0 aliphatic carbocycles. The van der Waals surface area contributed by atoms with Gasteiger partial charge in [0.15, 0.2) is 5.78 Å². The van der Waals surface area contributed by atoms with Crippen LogP contribution >= 0.6 is 0 Å². The first-order chi connectivity index (χ1) is 14.2. The number of urea groups is 1. The number of amides is 3. The third-order valence-corrected chi connectivity index (χ3v) is 5.64. The van der Waals surface area contributed by atoms with Crippen molar-refractivity contribution in [2.24, 2.45) is 0 Å². The lowest BCUT2D eigenvalue weighted by Gasteiger charge is -2.29. The molecule has 2 fully saturated rings. The highest BCUT2D eigenvalue weighted by Gasteiger charge is 2.49. The number of Topliss-reactive ketones (excluding diaryl/α,β-unsaturated/α-hetero) is 1. The molecule has 2 aromatic carbocycles. The molecule has 0 aromatic heterocycles. The summed E-state index contributed by atoms with van der Waals surface area (Å²) in [5.74, 6) is -0.781. The molecule has 2 aliphatic heterocycles. The number of nitrogens with one attached hydrogen (secondary N) is 1. The molecular weight excluding hydrogens is 414 g/mol. The zero-order valence-corrected chi connectivity index (χ0v) is 16.5. The predicted molar refractivity (Wildman–Crippen MR) is 105 cm³/mol. The van der Waals surface area contributed by atoms with Crippen LogP contribution in [0.4, 0.5) is 4.79 Å². The summed E-state index contributed by atoms with van der Waals surface area (Å²) in [5, 5.41) is 5.04.